The number of carbonyl (C=O) groups excluding carboxylic acids is 2. The number of anilines is 2. The normalized spacial score (nSPS) is 14.3. The minimum atomic E-state index is -1.09. The average Bonchev–Trinajstić information content (AvgIpc) is 3.35. The Balaban J connectivity index is 1.70. The van der Waals surface area contributed by atoms with Gasteiger partial charge < -0.3 is 20.2 Å². The lowest BCUT2D eigenvalue weighted by atomic mass is 10.0. The molecule has 0 saturated heterocycles. The third-order valence-electron chi connectivity index (χ3n) is 4.92. The van der Waals surface area contributed by atoms with Crippen LogP contribution >= 0.6 is 0 Å². The van der Waals surface area contributed by atoms with Crippen LogP contribution in [0.3, 0.4) is 0 Å². The van der Waals surface area contributed by atoms with E-state index < -0.39 is 5.97 Å². The van der Waals surface area contributed by atoms with Crippen LogP contribution in [0.15, 0.2) is 59.0 Å². The van der Waals surface area contributed by atoms with Crippen LogP contribution in [0.2, 0.25) is 0 Å². The predicted octanol–water partition coefficient (Wildman–Crippen LogP) is 4.25. The van der Waals surface area contributed by atoms with E-state index in [1.807, 2.05) is 24.3 Å². The van der Waals surface area contributed by atoms with E-state index in [-0.39, 0.29) is 17.0 Å². The van der Waals surface area contributed by atoms with Gasteiger partial charge in [-0.25, -0.2) is 4.79 Å². The third-order valence-corrected chi connectivity index (χ3v) is 4.92. The molecular weight excluding hydrogens is 396 g/mol. The second-order valence-electron chi connectivity index (χ2n) is 6.83. The number of carbonyl (C=O) groups is 3. The van der Waals surface area contributed by atoms with E-state index in [0.29, 0.717) is 34.6 Å². The predicted molar refractivity (Wildman–Crippen MR) is 119 cm³/mol. The Morgan fingerprint density at radius 2 is 1.87 bits per heavy atom. The number of allylic oxidation sites excluding steroid dienone is 1. The molecule has 4 rings (SSSR count). The summed E-state index contributed by atoms with van der Waals surface area (Å²) in [7, 11) is 1.68. The van der Waals surface area contributed by atoms with Crippen molar-refractivity contribution in [2.75, 3.05) is 17.7 Å². The third kappa shape index (κ3) is 3.89. The summed E-state index contributed by atoms with van der Waals surface area (Å²) in [5, 5.41) is 15.0. The number of carboxylic acids is 1. The maximum absolute atomic E-state index is 12.3. The average molecular weight is 414 g/mol. The van der Waals surface area contributed by atoms with E-state index >= 15 is 0 Å². The molecule has 0 fully saturated rings. The SMILES string of the molecule is CNc1ccc(C(=O)O)cc1/C(C=O)=C\c1ccc(/C=C2/C(=O)Nc3ccccc32)o1. The zero-order valence-electron chi connectivity index (χ0n) is 16.5. The topological polar surface area (TPSA) is 109 Å². The Morgan fingerprint density at radius 1 is 1.10 bits per heavy atom. The van der Waals surface area contributed by atoms with Gasteiger partial charge in [0.25, 0.3) is 5.91 Å². The van der Waals surface area contributed by atoms with Gasteiger partial charge in [0.2, 0.25) is 0 Å². The molecule has 1 aliphatic rings. The smallest absolute Gasteiger partial charge is 0.335 e. The fraction of sp³-hybridized carbons (Fsp3) is 0.0417. The molecule has 1 amide bonds. The van der Waals surface area contributed by atoms with Gasteiger partial charge in [0.1, 0.15) is 11.5 Å². The first-order chi connectivity index (χ1) is 15.0. The summed E-state index contributed by atoms with van der Waals surface area (Å²) in [6, 6.07) is 15.2. The molecule has 0 atom stereocenters. The Morgan fingerprint density at radius 3 is 2.61 bits per heavy atom. The van der Waals surface area contributed by atoms with Gasteiger partial charge in [0.15, 0.2) is 6.29 Å². The summed E-state index contributed by atoms with van der Waals surface area (Å²) in [6.45, 7) is 0. The summed E-state index contributed by atoms with van der Waals surface area (Å²) in [4.78, 5) is 35.4. The zero-order valence-corrected chi connectivity index (χ0v) is 16.5. The summed E-state index contributed by atoms with van der Waals surface area (Å²) >= 11 is 0. The molecule has 0 bridgehead atoms. The largest absolute Gasteiger partial charge is 0.478 e. The van der Waals surface area contributed by atoms with Crippen LogP contribution in [-0.2, 0) is 9.59 Å². The van der Waals surface area contributed by atoms with Crippen molar-refractivity contribution >= 4 is 52.8 Å². The highest BCUT2D eigenvalue weighted by molar-refractivity contribution is 6.34. The second kappa shape index (κ2) is 8.16. The van der Waals surface area contributed by atoms with Gasteiger partial charge in [-0.1, -0.05) is 18.2 Å². The van der Waals surface area contributed by atoms with E-state index in [0.717, 1.165) is 11.3 Å². The van der Waals surface area contributed by atoms with Crippen LogP contribution in [0.25, 0.3) is 23.3 Å². The van der Waals surface area contributed by atoms with Crippen molar-refractivity contribution in [3.63, 3.8) is 0 Å². The molecule has 0 unspecified atom stereocenters. The van der Waals surface area contributed by atoms with Gasteiger partial charge in [-0.15, -0.1) is 0 Å². The molecule has 1 aliphatic heterocycles. The number of amides is 1. The van der Waals surface area contributed by atoms with Crippen LogP contribution in [0.1, 0.15) is 33.0 Å². The minimum Gasteiger partial charge on any atom is -0.478 e. The van der Waals surface area contributed by atoms with Crippen LogP contribution in [0.4, 0.5) is 11.4 Å². The van der Waals surface area contributed by atoms with Crippen LogP contribution in [-0.4, -0.2) is 30.3 Å². The molecule has 3 aromatic rings. The van der Waals surface area contributed by atoms with Crippen molar-refractivity contribution in [1.82, 2.24) is 0 Å². The molecular formula is C24H18N2O5. The van der Waals surface area contributed by atoms with Crippen LogP contribution < -0.4 is 10.6 Å². The number of fused-ring (bicyclic) bond motifs is 1. The first kappa shape index (κ1) is 19.9. The lowest BCUT2D eigenvalue weighted by molar-refractivity contribution is -0.110. The zero-order chi connectivity index (χ0) is 22.0. The van der Waals surface area contributed by atoms with Crippen molar-refractivity contribution in [3.05, 3.63) is 82.8 Å². The molecule has 0 radical (unpaired) electrons. The highest BCUT2D eigenvalue weighted by Gasteiger charge is 2.23. The first-order valence-corrected chi connectivity index (χ1v) is 9.45. The summed E-state index contributed by atoms with van der Waals surface area (Å²) in [5.41, 5.74) is 3.39. The monoisotopic (exact) mass is 414 g/mol. The van der Waals surface area contributed by atoms with E-state index in [2.05, 4.69) is 10.6 Å². The van der Waals surface area contributed by atoms with Crippen molar-refractivity contribution in [2.45, 2.75) is 0 Å². The number of benzene rings is 2. The minimum absolute atomic E-state index is 0.0672. The van der Waals surface area contributed by atoms with Gasteiger partial charge in [-0.2, -0.15) is 0 Å². The number of para-hydroxylation sites is 1. The van der Waals surface area contributed by atoms with E-state index in [9.17, 15) is 19.5 Å². The number of aromatic carboxylic acids is 1. The molecule has 7 heteroatoms. The Bertz CT molecular complexity index is 1270. The molecule has 154 valence electrons. The molecule has 0 aliphatic carbocycles. The van der Waals surface area contributed by atoms with Gasteiger partial charge in [-0.3, -0.25) is 9.59 Å². The van der Waals surface area contributed by atoms with Gasteiger partial charge in [0.05, 0.1) is 11.1 Å². The summed E-state index contributed by atoms with van der Waals surface area (Å²) in [5.74, 6) is -0.460. The number of rotatable bonds is 6. The quantitative estimate of drug-likeness (QED) is 0.411. The maximum atomic E-state index is 12.3. The fourth-order valence-corrected chi connectivity index (χ4v) is 3.41. The van der Waals surface area contributed by atoms with Crippen molar-refractivity contribution in [1.29, 1.82) is 0 Å². The summed E-state index contributed by atoms with van der Waals surface area (Å²) in [6.07, 6.45) is 3.81. The lowest BCUT2D eigenvalue weighted by Gasteiger charge is -2.09. The van der Waals surface area contributed by atoms with Crippen LogP contribution in [0, 0.1) is 0 Å². The number of carboxylic acid groups (broad SMARTS) is 1. The number of nitrogens with one attached hydrogen (secondary N) is 2. The van der Waals surface area contributed by atoms with Crippen LogP contribution in [0.5, 0.6) is 0 Å². The molecule has 0 saturated carbocycles. The molecule has 2 heterocycles. The number of hydrogen-bond donors (Lipinski definition) is 3. The number of furan rings is 1. The molecule has 1 aromatic heterocycles. The Hall–Kier alpha value is -4.39. The number of hydrogen-bond acceptors (Lipinski definition) is 5. The maximum Gasteiger partial charge on any atom is 0.335 e. The lowest BCUT2D eigenvalue weighted by Crippen LogP contribution is -2.03. The second-order valence-corrected chi connectivity index (χ2v) is 6.83. The fourth-order valence-electron chi connectivity index (χ4n) is 3.41. The highest BCUT2D eigenvalue weighted by Crippen LogP contribution is 2.33. The van der Waals surface area contributed by atoms with Gasteiger partial charge in [0, 0.05) is 35.1 Å². The standard InChI is InChI=1S/C24H18N2O5/c1-25-21-9-6-14(24(29)30)11-19(21)15(13-27)10-16-7-8-17(31-16)12-20-18-4-2-3-5-22(18)26-23(20)28/h2-13,25H,1H3,(H,26,28)(H,29,30)/b15-10-,20-12+. The molecule has 0 spiro atoms. The van der Waals surface area contributed by atoms with E-state index in [1.165, 1.54) is 18.2 Å². The molecule has 7 nitrogen and oxygen atoms in total. The van der Waals surface area contributed by atoms with Crippen molar-refractivity contribution in [3.8, 4) is 0 Å². The summed E-state index contributed by atoms with van der Waals surface area (Å²) < 4.78 is 5.79. The van der Waals surface area contributed by atoms with E-state index in [4.69, 9.17) is 4.42 Å². The highest BCUT2D eigenvalue weighted by atomic mass is 16.4. The Kier molecular flexibility index (Phi) is 5.24. The van der Waals surface area contributed by atoms with Crippen molar-refractivity contribution < 1.29 is 23.9 Å². The van der Waals surface area contributed by atoms with Gasteiger partial charge in [-0.05, 0) is 48.6 Å². The van der Waals surface area contributed by atoms with E-state index in [1.54, 1.807) is 31.3 Å². The van der Waals surface area contributed by atoms with Gasteiger partial charge >= 0.3 is 5.97 Å². The first-order valence-electron chi connectivity index (χ1n) is 9.45. The molecule has 2 aromatic carbocycles. The Labute approximate surface area is 177 Å². The van der Waals surface area contributed by atoms with Crippen molar-refractivity contribution in [2.24, 2.45) is 0 Å². The molecule has 31 heavy (non-hydrogen) atoms. The number of aldehydes is 1. The molecule has 3 N–H and O–H groups in total.